The van der Waals surface area contributed by atoms with E-state index in [2.05, 4.69) is 21.4 Å². The van der Waals surface area contributed by atoms with Crippen LogP contribution in [0.5, 0.6) is 0 Å². The second-order valence-corrected chi connectivity index (χ2v) is 7.68. The number of hydrogen-bond acceptors (Lipinski definition) is 6. The second kappa shape index (κ2) is 8.33. The Bertz CT molecular complexity index is 736. The first-order chi connectivity index (χ1) is 12.8. The summed E-state index contributed by atoms with van der Waals surface area (Å²) >= 11 is 1.54. The van der Waals surface area contributed by atoms with Gasteiger partial charge in [0.15, 0.2) is 0 Å². The maximum Gasteiger partial charge on any atom is 0.248 e. The molecule has 1 atom stereocenters. The Hall–Kier alpha value is -1.70. The minimum atomic E-state index is 0.0728. The summed E-state index contributed by atoms with van der Waals surface area (Å²) in [5, 5.41) is 1.20. The number of anilines is 1. The molecule has 0 aliphatic carbocycles. The Balaban J connectivity index is 1.24. The molecule has 1 unspecified atom stereocenters. The highest BCUT2D eigenvalue weighted by atomic mass is 32.1. The summed E-state index contributed by atoms with van der Waals surface area (Å²) in [6.07, 6.45) is 3.52. The Morgan fingerprint density at radius 1 is 1.23 bits per heavy atom. The summed E-state index contributed by atoms with van der Waals surface area (Å²) in [6.45, 7) is 4.55. The molecule has 2 fully saturated rings. The van der Waals surface area contributed by atoms with Gasteiger partial charge in [0.2, 0.25) is 5.91 Å². The zero-order chi connectivity index (χ0) is 17.8. The molecule has 7 heteroatoms. The van der Waals surface area contributed by atoms with Crippen molar-refractivity contribution in [3.63, 3.8) is 0 Å². The Morgan fingerprint density at radius 2 is 2.08 bits per heavy atom. The molecule has 140 valence electrons. The van der Waals surface area contributed by atoms with Crippen molar-refractivity contribution in [1.82, 2.24) is 9.27 Å². The summed E-state index contributed by atoms with van der Waals surface area (Å²) in [5.41, 5.74) is 0. The molecule has 26 heavy (non-hydrogen) atoms. The molecule has 2 saturated heterocycles. The summed E-state index contributed by atoms with van der Waals surface area (Å²) in [5.74, 6) is 1.12. The van der Waals surface area contributed by atoms with Gasteiger partial charge >= 0.3 is 0 Å². The van der Waals surface area contributed by atoms with Crippen LogP contribution in [0, 0.1) is 0 Å². The minimum Gasteiger partial charge on any atom is -0.376 e. The van der Waals surface area contributed by atoms with Crippen LogP contribution in [-0.4, -0.2) is 67.3 Å². The van der Waals surface area contributed by atoms with Gasteiger partial charge in [0.1, 0.15) is 12.4 Å². The van der Waals surface area contributed by atoms with E-state index in [-0.39, 0.29) is 18.6 Å². The number of aromatic nitrogens is 1. The monoisotopic (exact) mass is 375 g/mol. The number of fused-ring (bicyclic) bond motifs is 1. The second-order valence-electron chi connectivity index (χ2n) is 6.87. The van der Waals surface area contributed by atoms with Crippen molar-refractivity contribution in [3.8, 4) is 0 Å². The fourth-order valence-corrected chi connectivity index (χ4v) is 4.37. The largest absolute Gasteiger partial charge is 0.376 e. The van der Waals surface area contributed by atoms with E-state index < -0.39 is 0 Å². The highest BCUT2D eigenvalue weighted by Crippen LogP contribution is 2.29. The summed E-state index contributed by atoms with van der Waals surface area (Å²) in [7, 11) is 0. The fraction of sp³-hybridized carbons (Fsp3) is 0.579. The minimum absolute atomic E-state index is 0.0728. The van der Waals surface area contributed by atoms with Crippen molar-refractivity contribution < 1.29 is 14.3 Å². The molecule has 1 aromatic heterocycles. The first kappa shape index (κ1) is 17.7. The van der Waals surface area contributed by atoms with E-state index in [0.717, 1.165) is 38.4 Å². The maximum absolute atomic E-state index is 12.4. The van der Waals surface area contributed by atoms with E-state index in [1.807, 2.05) is 17.0 Å². The Morgan fingerprint density at radius 3 is 2.88 bits per heavy atom. The topological polar surface area (TPSA) is 54.9 Å². The molecular formula is C19H25N3O3S. The van der Waals surface area contributed by atoms with Gasteiger partial charge in [-0.15, -0.1) is 0 Å². The molecule has 0 radical (unpaired) electrons. The van der Waals surface area contributed by atoms with Crippen LogP contribution in [-0.2, 0) is 14.3 Å². The number of benzene rings is 1. The normalized spacial score (nSPS) is 21.3. The Labute approximate surface area is 157 Å². The third-order valence-electron chi connectivity index (χ3n) is 5.09. The molecular weight excluding hydrogens is 350 g/mol. The quantitative estimate of drug-likeness (QED) is 0.804. The van der Waals surface area contributed by atoms with E-state index in [9.17, 15) is 4.79 Å². The van der Waals surface area contributed by atoms with Crippen molar-refractivity contribution in [2.24, 2.45) is 0 Å². The van der Waals surface area contributed by atoms with Gasteiger partial charge in [0.05, 0.1) is 17.4 Å². The number of carbonyl (C=O) groups excluding carboxylic acids is 1. The lowest BCUT2D eigenvalue weighted by atomic mass is 10.1. The third kappa shape index (κ3) is 4.00. The molecule has 0 spiro atoms. The molecule has 2 aliphatic rings. The van der Waals surface area contributed by atoms with Gasteiger partial charge in [-0.05, 0) is 42.9 Å². The molecule has 4 rings (SSSR count). The van der Waals surface area contributed by atoms with Gasteiger partial charge in [-0.3, -0.25) is 4.79 Å². The smallest absolute Gasteiger partial charge is 0.248 e. The molecule has 6 nitrogen and oxygen atoms in total. The zero-order valence-electron chi connectivity index (χ0n) is 14.9. The molecule has 3 heterocycles. The standard InChI is InChI=1S/C19H25N3O3S/c23-18(14-24-13-15-5-3-4-12-25-15)21-8-10-22(11-9-21)19-16-6-1-2-7-17(16)26-20-19/h1-2,6-7,15H,3-5,8-14H2. The number of piperazine rings is 1. The summed E-state index contributed by atoms with van der Waals surface area (Å²) < 4.78 is 17.1. The summed E-state index contributed by atoms with van der Waals surface area (Å²) in [4.78, 5) is 16.5. The molecule has 0 bridgehead atoms. The summed E-state index contributed by atoms with van der Waals surface area (Å²) in [6, 6.07) is 8.31. The van der Waals surface area contributed by atoms with Gasteiger partial charge in [0, 0.05) is 38.2 Å². The number of amides is 1. The van der Waals surface area contributed by atoms with Crippen molar-refractivity contribution >= 4 is 33.3 Å². The maximum atomic E-state index is 12.4. The van der Waals surface area contributed by atoms with Crippen LogP contribution in [0.4, 0.5) is 5.82 Å². The first-order valence-electron chi connectivity index (χ1n) is 9.38. The van der Waals surface area contributed by atoms with Crippen LogP contribution in [0.2, 0.25) is 0 Å². The van der Waals surface area contributed by atoms with E-state index in [4.69, 9.17) is 9.47 Å². The predicted molar refractivity (Wildman–Crippen MR) is 103 cm³/mol. The number of ether oxygens (including phenoxy) is 2. The van der Waals surface area contributed by atoms with Gasteiger partial charge in [-0.2, -0.15) is 4.37 Å². The van der Waals surface area contributed by atoms with E-state index in [1.54, 1.807) is 0 Å². The van der Waals surface area contributed by atoms with Crippen molar-refractivity contribution in [2.45, 2.75) is 25.4 Å². The molecule has 0 N–H and O–H groups in total. The number of hydrogen-bond donors (Lipinski definition) is 0. The highest BCUT2D eigenvalue weighted by molar-refractivity contribution is 7.13. The highest BCUT2D eigenvalue weighted by Gasteiger charge is 2.24. The lowest BCUT2D eigenvalue weighted by molar-refractivity contribution is -0.138. The number of carbonyl (C=O) groups is 1. The molecule has 0 saturated carbocycles. The van der Waals surface area contributed by atoms with E-state index in [1.165, 1.54) is 28.0 Å². The van der Waals surface area contributed by atoms with Crippen LogP contribution in [0.1, 0.15) is 19.3 Å². The van der Waals surface area contributed by atoms with Crippen LogP contribution in [0.25, 0.3) is 10.1 Å². The zero-order valence-corrected chi connectivity index (χ0v) is 15.7. The van der Waals surface area contributed by atoms with Gasteiger partial charge in [-0.1, -0.05) is 12.1 Å². The van der Waals surface area contributed by atoms with E-state index >= 15 is 0 Å². The van der Waals surface area contributed by atoms with Crippen LogP contribution < -0.4 is 4.90 Å². The third-order valence-corrected chi connectivity index (χ3v) is 5.91. The van der Waals surface area contributed by atoms with Crippen LogP contribution in [0.3, 0.4) is 0 Å². The SMILES string of the molecule is O=C(COCC1CCCCO1)N1CCN(c2nsc3ccccc23)CC1. The van der Waals surface area contributed by atoms with Gasteiger partial charge in [0.25, 0.3) is 0 Å². The predicted octanol–water partition coefficient (Wildman–Crippen LogP) is 2.53. The molecule has 2 aromatic rings. The molecule has 2 aliphatic heterocycles. The van der Waals surface area contributed by atoms with Gasteiger partial charge in [-0.25, -0.2) is 0 Å². The lowest BCUT2D eigenvalue weighted by Gasteiger charge is -2.35. The number of nitrogens with zero attached hydrogens (tertiary/aromatic N) is 3. The average molecular weight is 375 g/mol. The van der Waals surface area contributed by atoms with E-state index in [0.29, 0.717) is 19.7 Å². The Kier molecular flexibility index (Phi) is 5.67. The van der Waals surface area contributed by atoms with Crippen LogP contribution in [0.15, 0.2) is 24.3 Å². The molecule has 1 amide bonds. The van der Waals surface area contributed by atoms with Crippen molar-refractivity contribution in [2.75, 3.05) is 50.9 Å². The van der Waals surface area contributed by atoms with Crippen molar-refractivity contribution in [3.05, 3.63) is 24.3 Å². The fourth-order valence-electron chi connectivity index (χ4n) is 3.58. The number of rotatable bonds is 5. The van der Waals surface area contributed by atoms with Crippen molar-refractivity contribution in [1.29, 1.82) is 0 Å². The lowest BCUT2D eigenvalue weighted by Crippen LogP contribution is -2.50. The van der Waals surface area contributed by atoms with Crippen LogP contribution >= 0.6 is 11.5 Å². The average Bonchev–Trinajstić information content (AvgIpc) is 3.13. The first-order valence-corrected chi connectivity index (χ1v) is 10.1. The molecule has 1 aromatic carbocycles. The van der Waals surface area contributed by atoms with Gasteiger partial charge < -0.3 is 19.3 Å².